The Kier molecular flexibility index (Phi) is 11.3. The number of carbonyl (C=O) groups is 2. The minimum absolute atomic E-state index is 0.0980. The number of aromatic nitrogens is 2. The van der Waals surface area contributed by atoms with Crippen LogP contribution in [0.1, 0.15) is 39.4 Å². The molecular weight excluding hydrogens is 742 g/mol. The van der Waals surface area contributed by atoms with Gasteiger partial charge in [-0.3, -0.25) is 14.5 Å². The minimum atomic E-state index is -1.05. The second-order valence-electron chi connectivity index (χ2n) is 12.4. The Morgan fingerprint density at radius 1 is 0.833 bits per heavy atom. The fraction of sp³-hybridized carbons (Fsp3) is 0.143. The molecular formula is C42H34ClN3O6S2. The summed E-state index contributed by atoms with van der Waals surface area (Å²) in [5.74, 6) is 0.0117. The van der Waals surface area contributed by atoms with Crippen LogP contribution in [0, 0.1) is 6.92 Å². The molecule has 9 nitrogen and oxygen atoms in total. The number of anilines is 1. The molecule has 1 amide bonds. The van der Waals surface area contributed by atoms with E-state index < -0.39 is 17.7 Å². The number of nitrogens with zero attached hydrogens (tertiary/aromatic N) is 3. The van der Waals surface area contributed by atoms with E-state index in [2.05, 4.69) is 10.2 Å². The predicted molar refractivity (Wildman–Crippen MR) is 211 cm³/mol. The van der Waals surface area contributed by atoms with Crippen LogP contribution in [-0.4, -0.2) is 34.1 Å². The molecule has 5 aromatic carbocycles. The van der Waals surface area contributed by atoms with Gasteiger partial charge in [-0.25, -0.2) is 0 Å². The van der Waals surface area contributed by atoms with E-state index in [1.165, 1.54) is 35.1 Å². The number of hydrogen-bond acceptors (Lipinski definition) is 10. The number of methoxy groups -OCH3 is 1. The molecule has 0 radical (unpaired) electrons. The molecule has 1 N–H and O–H groups in total. The topological polar surface area (TPSA) is 111 Å². The maximum Gasteiger partial charge on any atom is 0.301 e. The molecule has 0 aliphatic carbocycles. The molecule has 1 saturated heterocycles. The van der Waals surface area contributed by atoms with Crippen LogP contribution in [0.25, 0.3) is 5.76 Å². The van der Waals surface area contributed by atoms with Crippen molar-refractivity contribution in [1.29, 1.82) is 0 Å². The monoisotopic (exact) mass is 775 g/mol. The summed E-state index contributed by atoms with van der Waals surface area (Å²) >= 11 is 8.68. The molecule has 1 atom stereocenters. The molecule has 6 aromatic rings. The van der Waals surface area contributed by atoms with Crippen LogP contribution in [0.5, 0.6) is 17.2 Å². The van der Waals surface area contributed by atoms with Crippen LogP contribution in [0.2, 0.25) is 5.02 Å². The first kappa shape index (κ1) is 36.7. The Hall–Kier alpha value is -5.62. The molecule has 0 spiro atoms. The summed E-state index contributed by atoms with van der Waals surface area (Å²) in [6.07, 6.45) is 0. The van der Waals surface area contributed by atoms with Crippen molar-refractivity contribution in [2.45, 2.75) is 36.3 Å². The van der Waals surface area contributed by atoms with Crippen LogP contribution in [0.4, 0.5) is 5.13 Å². The number of halogens is 1. The van der Waals surface area contributed by atoms with Crippen LogP contribution >= 0.6 is 34.7 Å². The second-order valence-corrected chi connectivity index (χ2v) is 15.0. The van der Waals surface area contributed by atoms with Gasteiger partial charge in [-0.2, -0.15) is 0 Å². The molecule has 272 valence electrons. The van der Waals surface area contributed by atoms with Gasteiger partial charge in [0.25, 0.3) is 5.78 Å². The number of rotatable bonds is 13. The number of ketones is 1. The quantitative estimate of drug-likeness (QED) is 0.0403. The molecule has 1 aliphatic rings. The number of aliphatic hydroxyl groups excluding tert-OH is 1. The van der Waals surface area contributed by atoms with Crippen molar-refractivity contribution < 1.29 is 28.9 Å². The highest BCUT2D eigenvalue weighted by Crippen LogP contribution is 2.46. The first-order valence-electron chi connectivity index (χ1n) is 16.9. The number of thioether (sulfide) groups is 1. The maximum atomic E-state index is 13.9. The summed E-state index contributed by atoms with van der Waals surface area (Å²) in [5.41, 5.74) is 4.93. The normalized spacial score (nSPS) is 15.0. The Morgan fingerprint density at radius 2 is 1.57 bits per heavy atom. The average Bonchev–Trinajstić information content (AvgIpc) is 3.78. The van der Waals surface area contributed by atoms with E-state index in [-0.39, 0.29) is 16.5 Å². The van der Waals surface area contributed by atoms with E-state index in [0.29, 0.717) is 56.7 Å². The molecule has 2 heterocycles. The molecule has 1 aromatic heterocycles. The number of ether oxygens (including phenoxy) is 3. The smallest absolute Gasteiger partial charge is 0.301 e. The van der Waals surface area contributed by atoms with Gasteiger partial charge in [0.15, 0.2) is 15.8 Å². The Morgan fingerprint density at radius 3 is 2.31 bits per heavy atom. The summed E-state index contributed by atoms with van der Waals surface area (Å²) in [6.45, 7) is 2.70. The second kappa shape index (κ2) is 16.6. The Bertz CT molecular complexity index is 2310. The molecule has 7 rings (SSSR count). The lowest BCUT2D eigenvalue weighted by molar-refractivity contribution is -0.132. The van der Waals surface area contributed by atoms with Gasteiger partial charge >= 0.3 is 5.91 Å². The van der Waals surface area contributed by atoms with Crippen molar-refractivity contribution in [2.24, 2.45) is 0 Å². The molecule has 1 aliphatic heterocycles. The Balaban J connectivity index is 1.22. The van der Waals surface area contributed by atoms with Crippen molar-refractivity contribution in [1.82, 2.24) is 10.2 Å². The van der Waals surface area contributed by atoms with Gasteiger partial charge in [0.1, 0.15) is 24.7 Å². The van der Waals surface area contributed by atoms with Crippen molar-refractivity contribution in [3.63, 3.8) is 0 Å². The van der Waals surface area contributed by atoms with Gasteiger partial charge in [-0.05, 0) is 83.3 Å². The molecule has 0 bridgehead atoms. The van der Waals surface area contributed by atoms with Crippen molar-refractivity contribution in [3.05, 3.63) is 165 Å². The summed E-state index contributed by atoms with van der Waals surface area (Å²) in [6, 6.07) is 36.1. The van der Waals surface area contributed by atoms with E-state index in [1.807, 2.05) is 85.8 Å². The predicted octanol–water partition coefficient (Wildman–Crippen LogP) is 9.59. The van der Waals surface area contributed by atoms with E-state index >= 15 is 0 Å². The number of aryl methyl sites for hydroxylation is 1. The van der Waals surface area contributed by atoms with Gasteiger partial charge in [0, 0.05) is 16.3 Å². The number of aliphatic hydroxyl groups is 1. The van der Waals surface area contributed by atoms with E-state index in [0.717, 1.165) is 22.3 Å². The lowest BCUT2D eigenvalue weighted by atomic mass is 9.95. The van der Waals surface area contributed by atoms with Gasteiger partial charge in [0.2, 0.25) is 5.13 Å². The van der Waals surface area contributed by atoms with Crippen molar-refractivity contribution in [3.8, 4) is 17.2 Å². The first-order chi connectivity index (χ1) is 26.3. The highest BCUT2D eigenvalue weighted by atomic mass is 35.5. The molecule has 54 heavy (non-hydrogen) atoms. The number of amides is 1. The maximum absolute atomic E-state index is 13.9. The number of carbonyl (C=O) groups excluding carboxylic acids is 2. The number of Topliss-reactive ketones (excluding diaryl/α,β-unsaturated/α-hetero) is 1. The molecule has 1 unspecified atom stereocenters. The molecule has 0 saturated carbocycles. The summed E-state index contributed by atoms with van der Waals surface area (Å²) in [7, 11) is 1.52. The average molecular weight is 776 g/mol. The number of benzene rings is 5. The standard InChI is InChI=1S/C42H34ClN3O6S2/c1-26-8-6-7-11-31(26)24-51-33-19-14-29(15-20-33)38(47)36-37(30-16-21-34(35(22-30)50-2)52-23-27-9-4-3-5-10-27)46(40(49)39(36)48)41-44-45-42(54-41)53-25-28-12-17-32(43)18-13-28/h3-22,37,47H,23-25H2,1-2H3. The molecule has 12 heteroatoms. The zero-order valence-corrected chi connectivity index (χ0v) is 31.7. The van der Waals surface area contributed by atoms with Gasteiger partial charge < -0.3 is 19.3 Å². The van der Waals surface area contributed by atoms with Gasteiger partial charge in [-0.1, -0.05) is 107 Å². The summed E-state index contributed by atoms with van der Waals surface area (Å²) < 4.78 is 18.4. The van der Waals surface area contributed by atoms with Crippen molar-refractivity contribution in [2.75, 3.05) is 12.0 Å². The van der Waals surface area contributed by atoms with Crippen LogP contribution < -0.4 is 19.1 Å². The van der Waals surface area contributed by atoms with Crippen LogP contribution in [0.3, 0.4) is 0 Å². The van der Waals surface area contributed by atoms with Crippen molar-refractivity contribution >= 4 is 57.3 Å². The Labute approximate surface area is 325 Å². The first-order valence-corrected chi connectivity index (χ1v) is 19.1. The lowest BCUT2D eigenvalue weighted by Gasteiger charge is -2.23. The van der Waals surface area contributed by atoms with E-state index in [9.17, 15) is 14.7 Å². The van der Waals surface area contributed by atoms with Crippen LogP contribution in [-0.2, 0) is 28.6 Å². The highest BCUT2D eigenvalue weighted by molar-refractivity contribution is 8.00. The summed E-state index contributed by atoms with van der Waals surface area (Å²) in [5, 5.41) is 21.3. The lowest BCUT2D eigenvalue weighted by Crippen LogP contribution is -2.29. The van der Waals surface area contributed by atoms with Gasteiger partial charge in [0.05, 0.1) is 18.7 Å². The number of hydrogen-bond donors (Lipinski definition) is 1. The van der Waals surface area contributed by atoms with Crippen LogP contribution in [0.15, 0.2) is 131 Å². The third-order valence-corrected chi connectivity index (χ3v) is 11.2. The minimum Gasteiger partial charge on any atom is -0.507 e. The third-order valence-electron chi connectivity index (χ3n) is 8.85. The zero-order chi connectivity index (χ0) is 37.6. The molecule has 1 fully saturated rings. The fourth-order valence-electron chi connectivity index (χ4n) is 5.94. The summed E-state index contributed by atoms with van der Waals surface area (Å²) in [4.78, 5) is 29.1. The zero-order valence-electron chi connectivity index (χ0n) is 29.3. The van der Waals surface area contributed by atoms with Gasteiger partial charge in [-0.15, -0.1) is 10.2 Å². The van der Waals surface area contributed by atoms with E-state index in [4.69, 9.17) is 25.8 Å². The largest absolute Gasteiger partial charge is 0.507 e. The van der Waals surface area contributed by atoms with E-state index in [1.54, 1.807) is 42.5 Å². The third kappa shape index (κ3) is 8.13. The SMILES string of the molecule is COc1cc(C2C(=C(O)c3ccc(OCc4ccccc4C)cc3)C(=O)C(=O)N2c2nnc(SCc3ccc(Cl)cc3)s2)ccc1OCc1ccccc1. The highest BCUT2D eigenvalue weighted by Gasteiger charge is 2.48. The fourth-order valence-corrected chi connectivity index (χ4v) is 7.88.